The maximum absolute atomic E-state index is 14.2. The van der Waals surface area contributed by atoms with E-state index in [1.807, 2.05) is 60.0 Å². The van der Waals surface area contributed by atoms with Gasteiger partial charge < -0.3 is 39.5 Å². The van der Waals surface area contributed by atoms with E-state index in [1.165, 1.54) is 0 Å². The van der Waals surface area contributed by atoms with Crippen LogP contribution in [0, 0.1) is 13.8 Å². The number of likely N-dealkylation sites (N-methyl/N-ethyl adjacent to an activating group) is 1. The molecular weight excluding hydrogens is 739 g/mol. The number of nitrogens with zero attached hydrogens (tertiary/aromatic N) is 6. The van der Waals surface area contributed by atoms with Crippen molar-refractivity contribution in [2.75, 3.05) is 97.5 Å². The summed E-state index contributed by atoms with van der Waals surface area (Å²) in [6.45, 7) is 14.2. The van der Waals surface area contributed by atoms with E-state index in [2.05, 4.69) is 34.0 Å². The monoisotopic (exact) mass is 803 g/mol. The highest BCUT2D eigenvalue weighted by molar-refractivity contribution is 5.91. The smallest absolute Gasteiger partial charge is 0.410 e. The number of anilines is 1. The molecule has 2 aromatic carbocycles. The first-order chi connectivity index (χ1) is 28.0. The molecule has 0 radical (unpaired) electrons. The summed E-state index contributed by atoms with van der Waals surface area (Å²) in [5.74, 6) is -0.154. The summed E-state index contributed by atoms with van der Waals surface area (Å²) in [5.41, 5.74) is 4.20. The molecule has 6 rings (SSSR count). The van der Waals surface area contributed by atoms with Gasteiger partial charge >= 0.3 is 18.1 Å². The van der Waals surface area contributed by atoms with Crippen LogP contribution in [0.1, 0.15) is 67.7 Å². The molecule has 0 aromatic heterocycles. The van der Waals surface area contributed by atoms with Crippen molar-refractivity contribution in [1.29, 1.82) is 0 Å². The number of carbonyl (C=O) groups is 4. The molecule has 2 aromatic rings. The summed E-state index contributed by atoms with van der Waals surface area (Å²) in [4.78, 5) is 65.9. The fourth-order valence-corrected chi connectivity index (χ4v) is 8.88. The van der Waals surface area contributed by atoms with Gasteiger partial charge in [0.25, 0.3) is 5.91 Å². The first kappa shape index (κ1) is 43.2. The number of aryl methyl sites for hydroxylation is 2. The van der Waals surface area contributed by atoms with Crippen LogP contribution in [0.4, 0.5) is 15.3 Å². The summed E-state index contributed by atoms with van der Waals surface area (Å²) >= 11 is 0. The number of nitrogens with one attached hydrogen (secondary N) is 1. The van der Waals surface area contributed by atoms with E-state index in [-0.39, 0.29) is 36.1 Å². The molecule has 0 aliphatic carbocycles. The number of para-hydroxylation sites is 1. The minimum absolute atomic E-state index is 0.00283. The second-order valence-corrected chi connectivity index (χ2v) is 16.6. The molecule has 4 amide bonds. The number of piperidine rings is 2. The van der Waals surface area contributed by atoms with Gasteiger partial charge in [0, 0.05) is 89.6 Å². The van der Waals surface area contributed by atoms with Gasteiger partial charge in [-0.2, -0.15) is 0 Å². The SMILES string of the molecule is CCCCN(C)CCOC(=O)CN1CCN(C2CCN(C(=O)[C@@H](Cc3cc(C)c(O)c(C)c3)OC(=O)N3CCC(N4CCc5ccccc5NC4=O)CC3)CC2)CC1. The maximum Gasteiger partial charge on any atom is 0.410 e. The van der Waals surface area contributed by atoms with E-state index >= 15 is 0 Å². The van der Waals surface area contributed by atoms with Crippen LogP contribution in [0.2, 0.25) is 0 Å². The van der Waals surface area contributed by atoms with E-state index in [0.29, 0.717) is 75.9 Å². The summed E-state index contributed by atoms with van der Waals surface area (Å²) < 4.78 is 11.6. The minimum Gasteiger partial charge on any atom is -0.507 e. The Morgan fingerprint density at radius 2 is 1.53 bits per heavy atom. The maximum atomic E-state index is 14.2. The molecular formula is C44H65N7O7. The number of carbonyl (C=O) groups excluding carboxylic acids is 4. The molecule has 0 bridgehead atoms. The summed E-state index contributed by atoms with van der Waals surface area (Å²) in [5, 5.41) is 13.5. The molecule has 0 unspecified atom stereocenters. The van der Waals surface area contributed by atoms with Crippen LogP contribution in [0.5, 0.6) is 5.75 Å². The molecule has 0 saturated carbocycles. The molecule has 14 heteroatoms. The van der Waals surface area contributed by atoms with E-state index < -0.39 is 12.2 Å². The molecule has 3 saturated heterocycles. The first-order valence-corrected chi connectivity index (χ1v) is 21.5. The number of urea groups is 1. The zero-order valence-electron chi connectivity index (χ0n) is 35.1. The van der Waals surface area contributed by atoms with Gasteiger partial charge in [-0.05, 0) is 94.3 Å². The van der Waals surface area contributed by atoms with Gasteiger partial charge in [-0.25, -0.2) is 9.59 Å². The number of phenolic OH excluding ortho intramolecular Hbond substituents is 1. The van der Waals surface area contributed by atoms with Crippen molar-refractivity contribution in [1.82, 2.24) is 29.4 Å². The molecule has 1 atom stereocenters. The fraction of sp³-hybridized carbons (Fsp3) is 0.636. The lowest BCUT2D eigenvalue weighted by Gasteiger charge is -2.43. The van der Waals surface area contributed by atoms with Gasteiger partial charge in [-0.3, -0.25) is 19.4 Å². The lowest BCUT2D eigenvalue weighted by atomic mass is 9.98. The molecule has 0 spiro atoms. The third-order valence-corrected chi connectivity index (χ3v) is 12.5. The zero-order chi connectivity index (χ0) is 41.2. The zero-order valence-corrected chi connectivity index (χ0v) is 35.1. The van der Waals surface area contributed by atoms with Crippen molar-refractivity contribution >= 4 is 29.7 Å². The van der Waals surface area contributed by atoms with Crippen LogP contribution in [-0.2, 0) is 31.9 Å². The van der Waals surface area contributed by atoms with E-state index in [4.69, 9.17) is 9.47 Å². The number of rotatable bonds is 14. The Morgan fingerprint density at radius 1 is 0.879 bits per heavy atom. The summed E-state index contributed by atoms with van der Waals surface area (Å²) in [6, 6.07) is 11.8. The van der Waals surface area contributed by atoms with Crippen molar-refractivity contribution in [2.24, 2.45) is 0 Å². The Bertz CT molecular complexity index is 1690. The number of unbranched alkanes of at least 4 members (excludes halogenated alkanes) is 1. The summed E-state index contributed by atoms with van der Waals surface area (Å²) in [6.07, 6.45) is 4.60. The topological polar surface area (TPSA) is 138 Å². The fourth-order valence-electron chi connectivity index (χ4n) is 8.88. The number of hydrogen-bond donors (Lipinski definition) is 2. The van der Waals surface area contributed by atoms with Crippen molar-refractivity contribution in [2.45, 2.75) is 90.3 Å². The molecule has 318 valence electrons. The van der Waals surface area contributed by atoms with Crippen LogP contribution >= 0.6 is 0 Å². The highest BCUT2D eigenvalue weighted by Gasteiger charge is 2.37. The Balaban J connectivity index is 0.989. The predicted molar refractivity (Wildman–Crippen MR) is 223 cm³/mol. The van der Waals surface area contributed by atoms with E-state index in [1.54, 1.807) is 4.90 Å². The number of aromatic hydroxyl groups is 1. The second kappa shape index (κ2) is 20.5. The molecule has 4 heterocycles. The lowest BCUT2D eigenvalue weighted by molar-refractivity contribution is -0.145. The van der Waals surface area contributed by atoms with Gasteiger partial charge in [0.05, 0.1) is 6.54 Å². The number of amides is 4. The summed E-state index contributed by atoms with van der Waals surface area (Å²) in [7, 11) is 2.06. The lowest BCUT2D eigenvalue weighted by Crippen LogP contribution is -2.55. The quantitative estimate of drug-likeness (QED) is 0.263. The largest absolute Gasteiger partial charge is 0.507 e. The molecule has 4 aliphatic heterocycles. The average molecular weight is 804 g/mol. The minimum atomic E-state index is -1.01. The van der Waals surface area contributed by atoms with Gasteiger partial charge in [0.2, 0.25) is 0 Å². The Morgan fingerprint density at radius 3 is 2.22 bits per heavy atom. The number of fused-ring (bicyclic) bond motifs is 1. The number of phenols is 1. The number of hydrogen-bond acceptors (Lipinski definition) is 10. The first-order valence-electron chi connectivity index (χ1n) is 21.5. The average Bonchev–Trinajstić information content (AvgIpc) is 3.39. The standard InChI is InChI=1S/C44H65N7O7/c1-5-6-16-46(4)26-27-57-40(52)31-47-22-24-48(25-23-47)36-12-17-49(18-13-36)42(54)39(30-34-28-32(2)41(53)33(3)29-34)58-44(56)50-19-14-37(15-20-50)51-21-11-35-9-7-8-10-38(35)45-43(51)55/h7-10,28-29,36-37,39,53H,5-6,11-27,30-31H2,1-4H3,(H,45,55)/t39-/m1/s1. The molecule has 3 fully saturated rings. The van der Waals surface area contributed by atoms with Crippen molar-refractivity contribution in [3.05, 3.63) is 58.7 Å². The number of esters is 1. The van der Waals surface area contributed by atoms with E-state index in [9.17, 15) is 24.3 Å². The van der Waals surface area contributed by atoms with Gasteiger partial charge in [-0.1, -0.05) is 43.7 Å². The van der Waals surface area contributed by atoms with Crippen molar-refractivity contribution < 1.29 is 33.8 Å². The van der Waals surface area contributed by atoms with Crippen LogP contribution in [0.15, 0.2) is 36.4 Å². The molecule has 2 N–H and O–H groups in total. The highest BCUT2D eigenvalue weighted by Crippen LogP contribution is 2.28. The number of ether oxygens (including phenoxy) is 2. The Kier molecular flexibility index (Phi) is 15.3. The third-order valence-electron chi connectivity index (χ3n) is 12.5. The van der Waals surface area contributed by atoms with Crippen LogP contribution < -0.4 is 5.32 Å². The van der Waals surface area contributed by atoms with Gasteiger partial charge in [-0.15, -0.1) is 0 Å². The Labute approximate surface area is 344 Å². The predicted octanol–water partition coefficient (Wildman–Crippen LogP) is 4.50. The van der Waals surface area contributed by atoms with Gasteiger partial charge in [0.15, 0.2) is 6.10 Å². The molecule has 58 heavy (non-hydrogen) atoms. The van der Waals surface area contributed by atoms with Crippen LogP contribution in [-0.4, -0.2) is 169 Å². The Hall–Kier alpha value is -4.40. The van der Waals surface area contributed by atoms with Gasteiger partial charge in [0.1, 0.15) is 12.4 Å². The van der Waals surface area contributed by atoms with E-state index in [0.717, 1.165) is 88.2 Å². The molecule has 14 nitrogen and oxygen atoms in total. The number of piperazine rings is 1. The number of likely N-dealkylation sites (tertiary alicyclic amines) is 2. The van der Waals surface area contributed by atoms with Crippen LogP contribution in [0.3, 0.4) is 0 Å². The van der Waals surface area contributed by atoms with Crippen molar-refractivity contribution in [3.8, 4) is 5.75 Å². The normalized spacial score (nSPS) is 19.4. The van der Waals surface area contributed by atoms with Crippen molar-refractivity contribution in [3.63, 3.8) is 0 Å². The second-order valence-electron chi connectivity index (χ2n) is 16.6. The highest BCUT2D eigenvalue weighted by atomic mass is 16.6. The number of benzene rings is 2. The third kappa shape index (κ3) is 11.4. The van der Waals surface area contributed by atoms with Crippen LogP contribution in [0.25, 0.3) is 0 Å². The molecule has 4 aliphatic rings.